The summed E-state index contributed by atoms with van der Waals surface area (Å²) in [5.41, 5.74) is 6.91. The van der Waals surface area contributed by atoms with Gasteiger partial charge in [0.2, 0.25) is 5.91 Å². The summed E-state index contributed by atoms with van der Waals surface area (Å²) in [6.07, 6.45) is 0.0522. The van der Waals surface area contributed by atoms with Crippen molar-refractivity contribution in [1.29, 1.82) is 0 Å². The molecule has 0 aromatic heterocycles. The van der Waals surface area contributed by atoms with Crippen LogP contribution in [0, 0.1) is 5.92 Å². The lowest BCUT2D eigenvalue weighted by Crippen LogP contribution is -2.36. The SMILES string of the molecule is COC(=O)Nc1cccc(NC(=O)[C@@H](N)CC(C)C)c1. The van der Waals surface area contributed by atoms with E-state index in [4.69, 9.17) is 5.73 Å². The zero-order chi connectivity index (χ0) is 15.1. The summed E-state index contributed by atoms with van der Waals surface area (Å²) in [5.74, 6) is 0.108. The Labute approximate surface area is 118 Å². The molecule has 6 nitrogen and oxygen atoms in total. The standard InChI is InChI=1S/C14H21N3O3/c1-9(2)7-12(15)13(18)16-10-5-4-6-11(8-10)17-14(19)20-3/h4-6,8-9,12H,7,15H2,1-3H3,(H,16,18)(H,17,19)/t12-/m0/s1. The van der Waals surface area contributed by atoms with Crippen LogP contribution in [-0.4, -0.2) is 25.2 Å². The second kappa shape index (κ2) is 7.49. The summed E-state index contributed by atoms with van der Waals surface area (Å²) in [6, 6.07) is 6.22. The lowest BCUT2D eigenvalue weighted by molar-refractivity contribution is -0.117. The Morgan fingerprint density at radius 3 is 2.40 bits per heavy atom. The average Bonchev–Trinajstić information content (AvgIpc) is 2.38. The van der Waals surface area contributed by atoms with Crippen LogP contribution in [0.25, 0.3) is 0 Å². The zero-order valence-electron chi connectivity index (χ0n) is 12.0. The van der Waals surface area contributed by atoms with E-state index in [-0.39, 0.29) is 5.91 Å². The Hall–Kier alpha value is -2.08. The van der Waals surface area contributed by atoms with Gasteiger partial charge in [-0.3, -0.25) is 10.1 Å². The molecule has 6 heteroatoms. The van der Waals surface area contributed by atoms with Crippen molar-refractivity contribution in [2.75, 3.05) is 17.7 Å². The van der Waals surface area contributed by atoms with E-state index in [0.29, 0.717) is 23.7 Å². The first-order chi connectivity index (χ1) is 9.42. The molecule has 0 aliphatic carbocycles. The molecule has 0 saturated heterocycles. The van der Waals surface area contributed by atoms with E-state index in [1.54, 1.807) is 24.3 Å². The van der Waals surface area contributed by atoms with Crippen molar-refractivity contribution in [3.05, 3.63) is 24.3 Å². The van der Waals surface area contributed by atoms with Gasteiger partial charge in [0.1, 0.15) is 0 Å². The first-order valence-corrected chi connectivity index (χ1v) is 6.44. The number of carbonyl (C=O) groups is 2. The molecule has 0 fully saturated rings. The summed E-state index contributed by atoms with van der Waals surface area (Å²) < 4.78 is 4.50. The minimum absolute atomic E-state index is 0.242. The minimum atomic E-state index is -0.565. The number of hydrogen-bond acceptors (Lipinski definition) is 4. The van der Waals surface area contributed by atoms with Gasteiger partial charge in [-0.1, -0.05) is 19.9 Å². The van der Waals surface area contributed by atoms with Gasteiger partial charge in [0.25, 0.3) is 0 Å². The molecule has 1 atom stereocenters. The molecular formula is C14H21N3O3. The number of benzene rings is 1. The summed E-state index contributed by atoms with van der Waals surface area (Å²) in [6.45, 7) is 4.02. The maximum absolute atomic E-state index is 11.9. The molecule has 1 aromatic rings. The van der Waals surface area contributed by atoms with Gasteiger partial charge in [0, 0.05) is 11.4 Å². The van der Waals surface area contributed by atoms with Gasteiger partial charge >= 0.3 is 6.09 Å². The normalized spacial score (nSPS) is 11.8. The Morgan fingerprint density at radius 1 is 1.25 bits per heavy atom. The monoisotopic (exact) mass is 279 g/mol. The minimum Gasteiger partial charge on any atom is -0.453 e. The van der Waals surface area contributed by atoms with Crippen molar-refractivity contribution in [3.63, 3.8) is 0 Å². The van der Waals surface area contributed by atoms with Crippen LogP contribution in [0.3, 0.4) is 0 Å². The molecule has 0 heterocycles. The highest BCUT2D eigenvalue weighted by atomic mass is 16.5. The number of anilines is 2. The van der Waals surface area contributed by atoms with Gasteiger partial charge in [-0.15, -0.1) is 0 Å². The molecule has 4 N–H and O–H groups in total. The lowest BCUT2D eigenvalue weighted by atomic mass is 10.0. The highest BCUT2D eigenvalue weighted by Crippen LogP contribution is 2.16. The first-order valence-electron chi connectivity index (χ1n) is 6.44. The first kappa shape index (κ1) is 16.0. The molecule has 0 aliphatic heterocycles. The van der Waals surface area contributed by atoms with Crippen molar-refractivity contribution < 1.29 is 14.3 Å². The Balaban J connectivity index is 2.66. The summed E-state index contributed by atoms with van der Waals surface area (Å²) >= 11 is 0. The van der Waals surface area contributed by atoms with Crippen LogP contribution in [-0.2, 0) is 9.53 Å². The van der Waals surface area contributed by atoms with E-state index in [1.807, 2.05) is 13.8 Å². The zero-order valence-corrected chi connectivity index (χ0v) is 12.0. The third-order valence-corrected chi connectivity index (χ3v) is 2.62. The fourth-order valence-electron chi connectivity index (χ4n) is 1.69. The van der Waals surface area contributed by atoms with Crippen molar-refractivity contribution in [3.8, 4) is 0 Å². The number of nitrogens with two attached hydrogens (primary N) is 1. The number of hydrogen-bond donors (Lipinski definition) is 3. The Morgan fingerprint density at radius 2 is 1.85 bits per heavy atom. The number of nitrogens with one attached hydrogen (secondary N) is 2. The van der Waals surface area contributed by atoms with Crippen LogP contribution >= 0.6 is 0 Å². The Bertz CT molecular complexity index is 474. The van der Waals surface area contributed by atoms with Crippen LogP contribution in [0.5, 0.6) is 0 Å². The molecule has 0 bridgehead atoms. The molecule has 0 spiro atoms. The van der Waals surface area contributed by atoms with E-state index in [0.717, 1.165) is 0 Å². The van der Waals surface area contributed by atoms with Crippen LogP contribution in [0.4, 0.5) is 16.2 Å². The maximum atomic E-state index is 11.9. The van der Waals surface area contributed by atoms with E-state index in [1.165, 1.54) is 7.11 Å². The largest absolute Gasteiger partial charge is 0.453 e. The van der Waals surface area contributed by atoms with E-state index < -0.39 is 12.1 Å². The number of methoxy groups -OCH3 is 1. The third kappa shape index (κ3) is 5.27. The molecule has 0 aliphatic rings. The highest BCUT2D eigenvalue weighted by Gasteiger charge is 2.15. The predicted molar refractivity (Wildman–Crippen MR) is 78.5 cm³/mol. The van der Waals surface area contributed by atoms with Crippen LogP contribution in [0.15, 0.2) is 24.3 Å². The average molecular weight is 279 g/mol. The van der Waals surface area contributed by atoms with E-state index in [9.17, 15) is 9.59 Å². The fourth-order valence-corrected chi connectivity index (χ4v) is 1.69. The fraction of sp³-hybridized carbons (Fsp3) is 0.429. The second-order valence-corrected chi connectivity index (χ2v) is 4.92. The molecule has 0 unspecified atom stereocenters. The van der Waals surface area contributed by atoms with Gasteiger partial charge < -0.3 is 15.8 Å². The number of ether oxygens (including phenoxy) is 1. The Kier molecular flexibility index (Phi) is 5.99. The number of amides is 2. The third-order valence-electron chi connectivity index (χ3n) is 2.62. The van der Waals surface area contributed by atoms with Crippen molar-refractivity contribution >= 4 is 23.4 Å². The summed E-state index contributed by atoms with van der Waals surface area (Å²) in [7, 11) is 1.28. The van der Waals surface area contributed by atoms with Crippen molar-refractivity contribution in [1.82, 2.24) is 0 Å². The smallest absolute Gasteiger partial charge is 0.411 e. The van der Waals surface area contributed by atoms with Gasteiger partial charge in [0.05, 0.1) is 13.2 Å². The van der Waals surface area contributed by atoms with Gasteiger partial charge in [0.15, 0.2) is 0 Å². The van der Waals surface area contributed by atoms with Gasteiger partial charge in [-0.2, -0.15) is 0 Å². The molecule has 110 valence electrons. The topological polar surface area (TPSA) is 93.5 Å². The number of carbonyl (C=O) groups excluding carboxylic acids is 2. The van der Waals surface area contributed by atoms with E-state index in [2.05, 4.69) is 15.4 Å². The molecular weight excluding hydrogens is 258 g/mol. The quantitative estimate of drug-likeness (QED) is 0.770. The predicted octanol–water partition coefficient (Wildman–Crippen LogP) is 2.18. The van der Waals surface area contributed by atoms with Crippen LogP contribution < -0.4 is 16.4 Å². The second-order valence-electron chi connectivity index (χ2n) is 4.92. The molecule has 0 saturated carbocycles. The van der Waals surface area contributed by atoms with Crippen LogP contribution in [0.2, 0.25) is 0 Å². The summed E-state index contributed by atoms with van der Waals surface area (Å²) in [5, 5.41) is 5.25. The van der Waals surface area contributed by atoms with Gasteiger partial charge in [-0.05, 0) is 30.5 Å². The molecule has 2 amide bonds. The van der Waals surface area contributed by atoms with Crippen molar-refractivity contribution in [2.45, 2.75) is 26.3 Å². The maximum Gasteiger partial charge on any atom is 0.411 e. The highest BCUT2D eigenvalue weighted by molar-refractivity contribution is 5.95. The van der Waals surface area contributed by atoms with Crippen LogP contribution in [0.1, 0.15) is 20.3 Å². The molecule has 0 radical (unpaired) electrons. The van der Waals surface area contributed by atoms with Crippen molar-refractivity contribution in [2.24, 2.45) is 11.7 Å². The summed E-state index contributed by atoms with van der Waals surface area (Å²) in [4.78, 5) is 23.0. The molecule has 1 aromatic carbocycles. The molecule has 1 rings (SSSR count). The lowest BCUT2D eigenvalue weighted by Gasteiger charge is -2.14. The van der Waals surface area contributed by atoms with Gasteiger partial charge in [-0.25, -0.2) is 4.79 Å². The molecule has 20 heavy (non-hydrogen) atoms. The number of rotatable bonds is 5. The van der Waals surface area contributed by atoms with E-state index >= 15 is 0 Å².